The lowest BCUT2D eigenvalue weighted by Crippen LogP contribution is -1.89. The average molecular weight is 347 g/mol. The van der Waals surface area contributed by atoms with E-state index in [0.717, 1.165) is 15.7 Å². The van der Waals surface area contributed by atoms with Crippen molar-refractivity contribution >= 4 is 75.0 Å². The van der Waals surface area contributed by atoms with E-state index < -0.39 is 0 Å². The van der Waals surface area contributed by atoms with Crippen LogP contribution in [0.3, 0.4) is 0 Å². The minimum Gasteiger partial charge on any atom is -0.156 e. The van der Waals surface area contributed by atoms with Crippen molar-refractivity contribution < 1.29 is 0 Å². The van der Waals surface area contributed by atoms with Gasteiger partial charge in [-0.15, -0.1) is 34.1 Å². The van der Waals surface area contributed by atoms with E-state index in [0.29, 0.717) is 0 Å². The van der Waals surface area contributed by atoms with Crippen LogP contribution in [0.2, 0.25) is 0 Å². The lowest BCUT2D eigenvalue weighted by atomic mass is 10.6. The van der Waals surface area contributed by atoms with Crippen molar-refractivity contribution in [1.82, 2.24) is 0 Å². The van der Waals surface area contributed by atoms with Crippen molar-refractivity contribution in [2.75, 3.05) is 34.5 Å². The van der Waals surface area contributed by atoms with Crippen molar-refractivity contribution in [3.63, 3.8) is 0 Å². The van der Waals surface area contributed by atoms with E-state index in [1.165, 1.54) is 34.5 Å². The summed E-state index contributed by atoms with van der Waals surface area (Å²) in [5.41, 5.74) is 0.172. The van der Waals surface area contributed by atoms with Crippen LogP contribution in [-0.4, -0.2) is 50.3 Å². The normalized spacial score (nSPS) is 37.1. The van der Waals surface area contributed by atoms with E-state index in [1.807, 2.05) is 0 Å². The summed E-state index contributed by atoms with van der Waals surface area (Å²) in [7, 11) is 0. The van der Waals surface area contributed by atoms with Crippen LogP contribution in [0, 0.1) is 0 Å². The molecule has 92 valence electrons. The third-order valence-electron chi connectivity index (χ3n) is 2.30. The van der Waals surface area contributed by atoms with Crippen molar-refractivity contribution in [2.45, 2.75) is 15.7 Å². The molecule has 3 rings (SSSR count). The fourth-order valence-corrected chi connectivity index (χ4v) is 15.0. The Hall–Kier alpha value is 2.53. The maximum atomic E-state index is 2.28. The fraction of sp³-hybridized carbons (Fsp3) is 1.00. The van der Waals surface area contributed by atoms with Gasteiger partial charge in [0.1, 0.15) is 0 Å². The molecule has 3 saturated heterocycles. The molecule has 0 bridgehead atoms. The highest BCUT2D eigenvalue weighted by Crippen LogP contribution is 2.72. The molecule has 0 N–H and O–H groups in total. The molecule has 0 nitrogen and oxygen atoms in total. The molecule has 3 atom stereocenters. The third-order valence-corrected chi connectivity index (χ3v) is 17.1. The molecule has 0 saturated carbocycles. The second-order valence-corrected chi connectivity index (χ2v) is 17.9. The zero-order chi connectivity index (χ0) is 10.8. The monoisotopic (exact) mass is 346 g/mol. The lowest BCUT2D eigenvalue weighted by molar-refractivity contribution is 1.27. The Bertz CT molecular complexity index is 190. The summed E-state index contributed by atoms with van der Waals surface area (Å²) < 4.78 is 0. The van der Waals surface area contributed by atoms with Crippen LogP contribution in [0.1, 0.15) is 0 Å². The first-order valence-electron chi connectivity index (χ1n) is 5.44. The zero-order valence-electron chi connectivity index (χ0n) is 8.87. The molecule has 3 fully saturated rings. The summed E-state index contributed by atoms with van der Waals surface area (Å²) in [5, 5.41) is 3.05. The molecule has 7 heteroatoms. The fourth-order valence-electron chi connectivity index (χ4n) is 1.04. The van der Waals surface area contributed by atoms with Crippen molar-refractivity contribution in [3.05, 3.63) is 0 Å². The van der Waals surface area contributed by atoms with Crippen LogP contribution in [0.5, 0.6) is 0 Å². The van der Waals surface area contributed by atoms with Gasteiger partial charge in [-0.1, -0.05) is 0 Å². The first kappa shape index (κ1) is 13.5. The smallest absolute Gasteiger partial charge is 0.0730 e. The molecule has 3 aliphatic rings. The van der Waals surface area contributed by atoms with E-state index in [4.69, 9.17) is 0 Å². The molecule has 16 heavy (non-hydrogen) atoms. The number of rotatable bonds is 9. The minimum atomic E-state index is 0.172. The Morgan fingerprint density at radius 1 is 0.750 bits per heavy atom. The minimum absolute atomic E-state index is 0.172. The summed E-state index contributed by atoms with van der Waals surface area (Å²) in [6, 6.07) is 0. The van der Waals surface area contributed by atoms with Crippen LogP contribution in [-0.2, 0) is 0 Å². The highest BCUT2D eigenvalue weighted by molar-refractivity contribution is 9.12. The molecule has 0 spiro atoms. The molecule has 0 radical (unpaired) electrons. The highest BCUT2D eigenvalue weighted by Gasteiger charge is 2.29. The molecule has 0 amide bonds. The van der Waals surface area contributed by atoms with Gasteiger partial charge in [-0.05, 0) is 0 Å². The quantitative estimate of drug-likeness (QED) is 0.433. The molecular weight excluding hydrogens is 331 g/mol. The standard InChI is InChI=1S/C9H15PS6/c1-7(11-1)4-14-10(15-5-8-2-12-8)16-6-9-3-13-9/h7-9H,1-6H2. The molecule has 3 heterocycles. The van der Waals surface area contributed by atoms with E-state index in [1.54, 1.807) is 0 Å². The predicted molar refractivity (Wildman–Crippen MR) is 93.0 cm³/mol. The van der Waals surface area contributed by atoms with Gasteiger partial charge < -0.3 is 0 Å². The summed E-state index contributed by atoms with van der Waals surface area (Å²) in [6.45, 7) is 0. The Labute approximate surface area is 124 Å². The Balaban J connectivity index is 1.33. The number of hydrogen-bond donors (Lipinski definition) is 0. The van der Waals surface area contributed by atoms with Gasteiger partial charge in [0.25, 0.3) is 0 Å². The highest BCUT2D eigenvalue weighted by atomic mass is 33.4. The summed E-state index contributed by atoms with van der Waals surface area (Å²) in [5.74, 6) is 8.57. The number of hydrogen-bond acceptors (Lipinski definition) is 6. The molecule has 0 aliphatic carbocycles. The van der Waals surface area contributed by atoms with Gasteiger partial charge in [-0.2, -0.15) is 35.3 Å². The maximum absolute atomic E-state index is 2.28. The molecule has 0 aromatic rings. The van der Waals surface area contributed by atoms with Gasteiger partial charge in [0, 0.05) is 50.3 Å². The van der Waals surface area contributed by atoms with E-state index >= 15 is 0 Å². The van der Waals surface area contributed by atoms with Crippen LogP contribution in [0.15, 0.2) is 0 Å². The second-order valence-electron chi connectivity index (χ2n) is 3.98. The van der Waals surface area contributed by atoms with Gasteiger partial charge in [0.15, 0.2) is 0 Å². The van der Waals surface area contributed by atoms with E-state index in [2.05, 4.69) is 69.4 Å². The Kier molecular flexibility index (Phi) is 5.75. The molecule has 3 aliphatic heterocycles. The largest absolute Gasteiger partial charge is 0.156 e. The van der Waals surface area contributed by atoms with Crippen LogP contribution < -0.4 is 0 Å². The number of thioether (sulfide) groups is 3. The molecule has 0 aromatic heterocycles. The van der Waals surface area contributed by atoms with Crippen molar-refractivity contribution in [1.29, 1.82) is 0 Å². The van der Waals surface area contributed by atoms with Gasteiger partial charge in [0.05, 0.1) is 5.53 Å². The van der Waals surface area contributed by atoms with Crippen molar-refractivity contribution in [3.8, 4) is 0 Å². The maximum Gasteiger partial charge on any atom is 0.0730 e. The topological polar surface area (TPSA) is 0 Å². The summed E-state index contributed by atoms with van der Waals surface area (Å²) in [4.78, 5) is 0. The zero-order valence-corrected chi connectivity index (χ0v) is 14.7. The first-order chi connectivity index (χ1) is 7.90. The molecule has 0 aromatic carbocycles. The molecular formula is C9H15PS6. The van der Waals surface area contributed by atoms with Gasteiger partial charge in [-0.3, -0.25) is 0 Å². The SMILES string of the molecule is C1SC1CSP(SCC1CS1)SCC1CS1. The van der Waals surface area contributed by atoms with Gasteiger partial charge in [0.2, 0.25) is 0 Å². The van der Waals surface area contributed by atoms with E-state index in [-0.39, 0.29) is 5.53 Å². The van der Waals surface area contributed by atoms with Gasteiger partial charge in [-0.25, -0.2) is 0 Å². The first-order valence-corrected chi connectivity index (χ1v) is 14.7. The average Bonchev–Trinajstić information content (AvgIpc) is 3.15. The second kappa shape index (κ2) is 6.81. The van der Waals surface area contributed by atoms with Crippen LogP contribution >= 0.6 is 75.0 Å². The van der Waals surface area contributed by atoms with E-state index in [9.17, 15) is 0 Å². The summed E-state index contributed by atoms with van der Waals surface area (Å²) >= 11 is 13.3. The molecule has 3 unspecified atom stereocenters. The van der Waals surface area contributed by atoms with Crippen LogP contribution in [0.4, 0.5) is 0 Å². The lowest BCUT2D eigenvalue weighted by Gasteiger charge is -2.14. The predicted octanol–water partition coefficient (Wildman–Crippen LogP) is 4.76. The van der Waals surface area contributed by atoms with Crippen molar-refractivity contribution in [2.24, 2.45) is 0 Å². The summed E-state index contributed by atoms with van der Waals surface area (Å²) in [6.07, 6.45) is 0. The van der Waals surface area contributed by atoms with Gasteiger partial charge >= 0.3 is 0 Å². The van der Waals surface area contributed by atoms with Crippen LogP contribution in [0.25, 0.3) is 0 Å². The third kappa shape index (κ3) is 5.66. The Morgan fingerprint density at radius 2 is 1.06 bits per heavy atom. The Morgan fingerprint density at radius 3 is 1.31 bits per heavy atom.